The van der Waals surface area contributed by atoms with Crippen molar-refractivity contribution in [1.82, 2.24) is 0 Å². The minimum Gasteiger partial charge on any atom is -0.399 e. The van der Waals surface area contributed by atoms with Gasteiger partial charge in [-0.15, -0.1) is 0 Å². The Bertz CT molecular complexity index is 792. The molecule has 9 heteroatoms. The van der Waals surface area contributed by atoms with Crippen molar-refractivity contribution >= 4 is 48.9 Å². The molecule has 0 amide bonds. The third-order valence-corrected chi connectivity index (χ3v) is 4.78. The lowest BCUT2D eigenvalue weighted by Gasteiger charge is -2.12. The van der Waals surface area contributed by atoms with E-state index in [9.17, 15) is 17.2 Å². The van der Waals surface area contributed by atoms with Crippen LogP contribution in [-0.4, -0.2) is 8.42 Å². The van der Waals surface area contributed by atoms with E-state index in [4.69, 9.17) is 17.3 Å². The second-order valence-corrected chi connectivity index (χ2v) is 6.95. The molecule has 0 saturated heterocycles. The first-order valence-corrected chi connectivity index (χ1v) is 8.08. The Kier molecular flexibility index (Phi) is 4.40. The third kappa shape index (κ3) is 3.45. The van der Waals surface area contributed by atoms with Gasteiger partial charge in [-0.05, 0) is 46.3 Å². The van der Waals surface area contributed by atoms with Gasteiger partial charge in [0.1, 0.15) is 16.5 Å². The summed E-state index contributed by atoms with van der Waals surface area (Å²) in [5.74, 6) is -1.61. The van der Waals surface area contributed by atoms with E-state index in [2.05, 4.69) is 20.7 Å². The number of sulfonamides is 1. The smallest absolute Gasteiger partial charge is 0.264 e. The van der Waals surface area contributed by atoms with Crippen LogP contribution in [0.4, 0.5) is 20.2 Å². The fraction of sp³-hybridized carbons (Fsp3) is 0. The third-order valence-electron chi connectivity index (χ3n) is 2.49. The van der Waals surface area contributed by atoms with Crippen LogP contribution in [0.25, 0.3) is 0 Å². The summed E-state index contributed by atoms with van der Waals surface area (Å²) in [5, 5.41) is -0.172. The largest absolute Gasteiger partial charge is 0.399 e. The van der Waals surface area contributed by atoms with Crippen LogP contribution in [0.15, 0.2) is 39.7 Å². The highest BCUT2D eigenvalue weighted by atomic mass is 79.9. The number of nitrogens with one attached hydrogen (secondary N) is 1. The normalized spacial score (nSPS) is 11.4. The van der Waals surface area contributed by atoms with Gasteiger partial charge in [-0.2, -0.15) is 0 Å². The van der Waals surface area contributed by atoms with Crippen molar-refractivity contribution < 1.29 is 17.2 Å². The second kappa shape index (κ2) is 5.78. The standard InChI is InChI=1S/C12H8BrClF2N2O2S/c13-8-3-6(15)4-9(14)12(8)18-21(19,20)11-5-7(17)1-2-10(11)16/h1-5,18H,17H2. The van der Waals surface area contributed by atoms with Gasteiger partial charge in [-0.1, -0.05) is 11.6 Å². The zero-order chi connectivity index (χ0) is 15.8. The van der Waals surface area contributed by atoms with Crippen LogP contribution in [0.3, 0.4) is 0 Å². The summed E-state index contributed by atoms with van der Waals surface area (Å²) in [5.41, 5.74) is 5.44. The molecule has 0 aromatic heterocycles. The van der Waals surface area contributed by atoms with Crippen LogP contribution in [0.1, 0.15) is 0 Å². The number of anilines is 2. The summed E-state index contributed by atoms with van der Waals surface area (Å²) in [7, 11) is -4.27. The monoisotopic (exact) mass is 396 g/mol. The summed E-state index contributed by atoms with van der Waals surface area (Å²) in [6.07, 6.45) is 0. The number of hydrogen-bond donors (Lipinski definition) is 2. The molecular formula is C12H8BrClF2N2O2S. The molecule has 0 heterocycles. The molecule has 112 valence electrons. The Morgan fingerprint density at radius 2 is 1.86 bits per heavy atom. The molecule has 0 atom stereocenters. The summed E-state index contributed by atoms with van der Waals surface area (Å²) < 4.78 is 53.3. The Hall–Kier alpha value is -1.38. The number of nitrogen functional groups attached to an aromatic ring is 1. The van der Waals surface area contributed by atoms with E-state index >= 15 is 0 Å². The lowest BCUT2D eigenvalue weighted by atomic mass is 10.3. The van der Waals surface area contributed by atoms with Gasteiger partial charge in [-0.3, -0.25) is 4.72 Å². The molecule has 0 bridgehead atoms. The lowest BCUT2D eigenvalue weighted by molar-refractivity contribution is 0.570. The van der Waals surface area contributed by atoms with Crippen molar-refractivity contribution in [3.05, 3.63) is 51.5 Å². The van der Waals surface area contributed by atoms with Crippen molar-refractivity contribution in [2.24, 2.45) is 0 Å². The number of rotatable bonds is 3. The number of benzene rings is 2. The fourth-order valence-corrected chi connectivity index (χ4v) is 3.86. The van der Waals surface area contributed by atoms with E-state index in [1.54, 1.807) is 0 Å². The zero-order valence-electron chi connectivity index (χ0n) is 10.2. The Morgan fingerprint density at radius 3 is 2.48 bits per heavy atom. The molecule has 0 saturated carbocycles. The Morgan fingerprint density at radius 1 is 1.19 bits per heavy atom. The van der Waals surface area contributed by atoms with Gasteiger partial charge in [0.05, 0.1) is 10.7 Å². The second-order valence-electron chi connectivity index (χ2n) is 4.04. The van der Waals surface area contributed by atoms with Gasteiger partial charge in [0, 0.05) is 10.2 Å². The van der Waals surface area contributed by atoms with Gasteiger partial charge in [0.15, 0.2) is 0 Å². The van der Waals surface area contributed by atoms with Crippen LogP contribution >= 0.6 is 27.5 Å². The van der Waals surface area contributed by atoms with Gasteiger partial charge >= 0.3 is 0 Å². The van der Waals surface area contributed by atoms with E-state index < -0.39 is 26.6 Å². The molecule has 2 aromatic rings. The summed E-state index contributed by atoms with van der Waals surface area (Å²) in [6.45, 7) is 0. The van der Waals surface area contributed by atoms with Crippen LogP contribution in [0.2, 0.25) is 5.02 Å². The molecular weight excluding hydrogens is 390 g/mol. The van der Waals surface area contributed by atoms with Gasteiger partial charge in [-0.25, -0.2) is 17.2 Å². The van der Waals surface area contributed by atoms with E-state index in [0.29, 0.717) is 0 Å². The molecule has 4 nitrogen and oxygen atoms in total. The first-order valence-electron chi connectivity index (χ1n) is 5.43. The highest BCUT2D eigenvalue weighted by Crippen LogP contribution is 2.33. The average molecular weight is 398 g/mol. The molecule has 0 unspecified atom stereocenters. The van der Waals surface area contributed by atoms with E-state index in [-0.39, 0.29) is 20.9 Å². The summed E-state index contributed by atoms with van der Waals surface area (Å²) >= 11 is 8.77. The predicted octanol–water partition coefficient (Wildman–Crippen LogP) is 3.76. The molecule has 3 N–H and O–H groups in total. The number of nitrogens with two attached hydrogens (primary N) is 1. The van der Waals surface area contributed by atoms with Crippen molar-refractivity contribution in [2.75, 3.05) is 10.5 Å². The zero-order valence-corrected chi connectivity index (χ0v) is 13.4. The Balaban J connectivity index is 2.50. The fourth-order valence-electron chi connectivity index (χ4n) is 1.55. The highest BCUT2D eigenvalue weighted by molar-refractivity contribution is 9.10. The highest BCUT2D eigenvalue weighted by Gasteiger charge is 2.22. The SMILES string of the molecule is Nc1ccc(F)c(S(=O)(=O)Nc2c(Cl)cc(F)cc2Br)c1. The van der Waals surface area contributed by atoms with Crippen molar-refractivity contribution in [3.63, 3.8) is 0 Å². The van der Waals surface area contributed by atoms with Gasteiger partial charge in [0.2, 0.25) is 0 Å². The molecule has 21 heavy (non-hydrogen) atoms. The topological polar surface area (TPSA) is 72.2 Å². The first kappa shape index (κ1) is 16.0. The number of hydrogen-bond acceptors (Lipinski definition) is 3. The molecule has 0 fully saturated rings. The van der Waals surface area contributed by atoms with Crippen molar-refractivity contribution in [2.45, 2.75) is 4.90 Å². The number of halogens is 4. The summed E-state index contributed by atoms with van der Waals surface area (Å²) in [4.78, 5) is -0.630. The molecule has 2 aromatic carbocycles. The molecule has 0 radical (unpaired) electrons. The van der Waals surface area contributed by atoms with Gasteiger partial charge < -0.3 is 5.73 Å². The van der Waals surface area contributed by atoms with Crippen molar-refractivity contribution in [3.8, 4) is 0 Å². The first-order chi connectivity index (χ1) is 9.70. The lowest BCUT2D eigenvalue weighted by Crippen LogP contribution is -2.15. The van der Waals surface area contributed by atoms with Crippen molar-refractivity contribution in [1.29, 1.82) is 0 Å². The van der Waals surface area contributed by atoms with Crippen LogP contribution in [0, 0.1) is 11.6 Å². The maximum atomic E-state index is 13.7. The summed E-state index contributed by atoms with van der Waals surface area (Å²) in [6, 6.07) is 5.10. The molecule has 0 aliphatic heterocycles. The van der Waals surface area contributed by atoms with Gasteiger partial charge in [0.25, 0.3) is 10.0 Å². The molecule has 0 aliphatic carbocycles. The maximum absolute atomic E-state index is 13.7. The van der Waals surface area contributed by atoms with Crippen LogP contribution in [-0.2, 0) is 10.0 Å². The van der Waals surface area contributed by atoms with Crippen LogP contribution in [0.5, 0.6) is 0 Å². The predicted molar refractivity (Wildman–Crippen MR) is 80.7 cm³/mol. The Labute approximate surface area is 133 Å². The van der Waals surface area contributed by atoms with Crippen LogP contribution < -0.4 is 10.5 Å². The quantitative estimate of drug-likeness (QED) is 0.775. The minimum absolute atomic E-state index is 0.0837. The molecule has 2 rings (SSSR count). The van der Waals surface area contributed by atoms with E-state index in [0.717, 1.165) is 24.3 Å². The van der Waals surface area contributed by atoms with E-state index in [1.165, 1.54) is 6.07 Å². The molecule has 0 aliphatic rings. The van der Waals surface area contributed by atoms with E-state index in [1.807, 2.05) is 0 Å². The molecule has 0 spiro atoms. The minimum atomic E-state index is -4.27. The average Bonchev–Trinajstić information content (AvgIpc) is 2.36. The maximum Gasteiger partial charge on any atom is 0.264 e.